The highest BCUT2D eigenvalue weighted by molar-refractivity contribution is 6.76. The third kappa shape index (κ3) is 2.95. The van der Waals surface area contributed by atoms with E-state index in [0.717, 1.165) is 16.4 Å². The average Bonchev–Trinajstić information content (AvgIpc) is 3.41. The molecule has 0 amide bonds. The third-order valence-electron chi connectivity index (χ3n) is 6.84. The van der Waals surface area contributed by atoms with Crippen LogP contribution in [0.5, 0.6) is 0 Å². The monoisotopic (exact) mass is 447 g/mol. The Morgan fingerprint density at radius 1 is 0.611 bits per heavy atom. The van der Waals surface area contributed by atoms with Crippen LogP contribution in [0.25, 0.3) is 49.4 Å². The normalized spacial score (nSPS) is 11.8. The maximum atomic E-state index is 10.00. The van der Waals surface area contributed by atoms with E-state index in [9.17, 15) is 10.0 Å². The van der Waals surface area contributed by atoms with Crippen LogP contribution in [0.4, 0.5) is 0 Å². The summed E-state index contributed by atoms with van der Waals surface area (Å²) in [6.45, 7) is 0. The molecule has 4 aromatic carbocycles. The summed E-state index contributed by atoms with van der Waals surface area (Å²) in [5.74, 6) is 0. The van der Waals surface area contributed by atoms with E-state index in [4.69, 9.17) is 59.3 Å². The number of fused-ring (bicyclic) bond motifs is 6. The molecular formula is C24H9B8NO3. The molecule has 36 heavy (non-hydrogen) atoms. The van der Waals surface area contributed by atoms with Crippen molar-refractivity contribution in [3.05, 3.63) is 42.5 Å². The van der Waals surface area contributed by atoms with Crippen molar-refractivity contribution in [2.24, 2.45) is 0 Å². The highest BCUT2D eigenvalue weighted by Gasteiger charge is 2.26. The first-order chi connectivity index (χ1) is 17.1. The largest absolute Gasteiger partial charge is 0.487 e. The molecule has 0 unspecified atom stereocenters. The van der Waals surface area contributed by atoms with Crippen molar-refractivity contribution >= 4 is 149 Å². The van der Waals surface area contributed by atoms with Crippen LogP contribution >= 0.6 is 0 Å². The minimum atomic E-state index is -1.98. The van der Waals surface area contributed by atoms with Crippen LogP contribution in [0, 0.1) is 0 Å². The van der Waals surface area contributed by atoms with Gasteiger partial charge in [-0.25, -0.2) is 0 Å². The summed E-state index contributed by atoms with van der Waals surface area (Å²) >= 11 is 0. The summed E-state index contributed by atoms with van der Waals surface area (Å²) in [5.41, 5.74) is 3.00. The van der Waals surface area contributed by atoms with Gasteiger partial charge in [0, 0.05) is 33.6 Å². The molecule has 0 fully saturated rings. The Kier molecular flexibility index (Phi) is 5.16. The summed E-state index contributed by atoms with van der Waals surface area (Å²) in [4.78, 5) is 0. The maximum Gasteiger partial charge on any atom is 0.487 e. The van der Waals surface area contributed by atoms with E-state index in [0.29, 0.717) is 33.1 Å². The summed E-state index contributed by atoms with van der Waals surface area (Å²) in [6.07, 6.45) is 0. The van der Waals surface area contributed by atoms with Crippen LogP contribution in [0.15, 0.2) is 46.9 Å². The Morgan fingerprint density at radius 3 is 1.89 bits per heavy atom. The minimum Gasteiger partial charge on any atom is -0.456 e. The SMILES string of the molecule is [B]c1c([B])c([B])c2c(c1[B])c1c([B])c(B(O)O)c([B])c([B])c1n2-c1ccc2c(c1)oc1ccccc12. The van der Waals surface area contributed by atoms with Crippen LogP contribution in [0.2, 0.25) is 0 Å². The fourth-order valence-corrected chi connectivity index (χ4v) is 5.10. The van der Waals surface area contributed by atoms with Crippen molar-refractivity contribution in [3.63, 3.8) is 0 Å². The molecule has 4 nitrogen and oxygen atoms in total. The fourth-order valence-electron chi connectivity index (χ4n) is 5.10. The Hall–Kier alpha value is -3.08. The highest BCUT2D eigenvalue weighted by atomic mass is 16.4. The van der Waals surface area contributed by atoms with E-state index in [2.05, 4.69) is 0 Å². The molecule has 0 saturated heterocycles. The molecule has 0 saturated carbocycles. The van der Waals surface area contributed by atoms with Gasteiger partial charge in [0.2, 0.25) is 0 Å². The van der Waals surface area contributed by atoms with Gasteiger partial charge in [-0.15, -0.1) is 16.4 Å². The molecular weight excluding hydrogens is 437 g/mol. The lowest BCUT2D eigenvalue weighted by Crippen LogP contribution is -2.56. The Balaban J connectivity index is 1.86. The van der Waals surface area contributed by atoms with Crippen molar-refractivity contribution in [1.82, 2.24) is 4.57 Å². The molecule has 14 radical (unpaired) electrons. The molecule has 0 aliphatic heterocycles. The quantitative estimate of drug-likeness (QED) is 0.267. The number of para-hydroxylation sites is 1. The van der Waals surface area contributed by atoms with E-state index in [1.54, 1.807) is 4.57 Å². The third-order valence-corrected chi connectivity index (χ3v) is 6.84. The van der Waals surface area contributed by atoms with E-state index >= 15 is 0 Å². The first kappa shape index (κ1) is 23.3. The van der Waals surface area contributed by atoms with E-state index in [-0.39, 0.29) is 43.7 Å². The van der Waals surface area contributed by atoms with Gasteiger partial charge in [-0.2, -0.15) is 0 Å². The second-order valence-corrected chi connectivity index (χ2v) is 8.74. The second-order valence-electron chi connectivity index (χ2n) is 8.74. The zero-order chi connectivity index (χ0) is 25.6. The number of furan rings is 1. The molecule has 6 aromatic rings. The first-order valence-electron chi connectivity index (χ1n) is 11.0. The Bertz CT molecular complexity index is 1910. The van der Waals surface area contributed by atoms with Crippen molar-refractivity contribution in [2.45, 2.75) is 0 Å². The lowest BCUT2D eigenvalue weighted by Gasteiger charge is -2.18. The molecule has 152 valence electrons. The smallest absolute Gasteiger partial charge is 0.456 e. The van der Waals surface area contributed by atoms with Crippen molar-refractivity contribution in [1.29, 1.82) is 0 Å². The number of nitrogens with zero attached hydrogens (tertiary/aromatic N) is 1. The van der Waals surface area contributed by atoms with Gasteiger partial charge in [0.05, 0.1) is 0 Å². The van der Waals surface area contributed by atoms with Crippen molar-refractivity contribution in [2.75, 3.05) is 0 Å². The van der Waals surface area contributed by atoms with E-state index < -0.39 is 7.12 Å². The summed E-state index contributed by atoms with van der Waals surface area (Å²) in [7, 11) is 42.5. The molecule has 2 heterocycles. The van der Waals surface area contributed by atoms with Gasteiger partial charge in [0.15, 0.2) is 0 Å². The van der Waals surface area contributed by atoms with Crippen LogP contribution in [-0.4, -0.2) is 76.7 Å². The molecule has 2 aromatic heterocycles. The lowest BCUT2D eigenvalue weighted by atomic mass is 9.59. The molecule has 2 N–H and O–H groups in total. The predicted octanol–water partition coefficient (Wildman–Crippen LogP) is -4.08. The zero-order valence-corrected chi connectivity index (χ0v) is 18.9. The summed E-state index contributed by atoms with van der Waals surface area (Å²) in [5, 5.41) is 22.6. The summed E-state index contributed by atoms with van der Waals surface area (Å²) in [6, 6.07) is 13.3. The lowest BCUT2D eigenvalue weighted by molar-refractivity contribution is 0.426. The molecule has 0 aliphatic rings. The molecule has 6 rings (SSSR count). The van der Waals surface area contributed by atoms with Gasteiger partial charge < -0.3 is 19.0 Å². The van der Waals surface area contributed by atoms with Gasteiger partial charge in [0.1, 0.15) is 66.1 Å². The van der Waals surface area contributed by atoms with Gasteiger partial charge in [0.25, 0.3) is 0 Å². The van der Waals surface area contributed by atoms with Gasteiger partial charge >= 0.3 is 7.12 Å². The number of benzene rings is 4. The van der Waals surface area contributed by atoms with E-state index in [1.165, 1.54) is 0 Å². The maximum absolute atomic E-state index is 10.00. The number of hydrogen-bond donors (Lipinski definition) is 2. The Morgan fingerprint density at radius 2 is 1.19 bits per heavy atom. The van der Waals surface area contributed by atoms with E-state index in [1.807, 2.05) is 42.5 Å². The Labute approximate surface area is 216 Å². The van der Waals surface area contributed by atoms with Gasteiger partial charge in [-0.05, 0) is 34.4 Å². The van der Waals surface area contributed by atoms with Crippen molar-refractivity contribution < 1.29 is 14.5 Å². The standard InChI is InChI=1S/C24H9B8NO3/c25-15-13-14-16(26)22(32(34)35)19(29)21(31)24(14)33(23(13)20(30)18(28)17(15)27)8-5-6-10-9-3-1-2-4-11(9)36-12(10)7-8/h1-7,34-35H. The van der Waals surface area contributed by atoms with Crippen LogP contribution in [-0.2, 0) is 0 Å². The van der Waals surface area contributed by atoms with Gasteiger partial charge in [-0.1, -0.05) is 40.1 Å². The molecule has 0 spiro atoms. The number of hydrogen-bond acceptors (Lipinski definition) is 3. The zero-order valence-electron chi connectivity index (χ0n) is 18.9. The number of aromatic nitrogens is 1. The molecule has 0 aliphatic carbocycles. The van der Waals surface area contributed by atoms with Crippen LogP contribution in [0.3, 0.4) is 0 Å². The molecule has 0 atom stereocenters. The second kappa shape index (κ2) is 7.96. The van der Waals surface area contributed by atoms with Crippen molar-refractivity contribution in [3.8, 4) is 5.69 Å². The van der Waals surface area contributed by atoms with Crippen LogP contribution in [0.1, 0.15) is 0 Å². The highest BCUT2D eigenvalue weighted by Crippen LogP contribution is 2.32. The average molecular weight is 446 g/mol. The first-order valence-corrected chi connectivity index (χ1v) is 11.0. The predicted molar refractivity (Wildman–Crippen MR) is 156 cm³/mol. The number of rotatable bonds is 2. The molecule has 12 heteroatoms. The minimum absolute atomic E-state index is 0.0180. The molecule has 0 bridgehead atoms. The fraction of sp³-hybridized carbons (Fsp3) is 0. The summed E-state index contributed by atoms with van der Waals surface area (Å²) < 4.78 is 7.81. The van der Waals surface area contributed by atoms with Gasteiger partial charge in [-0.3, -0.25) is 0 Å². The van der Waals surface area contributed by atoms with Crippen LogP contribution < -0.4 is 43.7 Å². The topological polar surface area (TPSA) is 58.5 Å².